The van der Waals surface area contributed by atoms with Crippen LogP contribution in [-0.2, 0) is 11.2 Å². The molecule has 0 aliphatic rings. The number of aryl methyl sites for hydroxylation is 3. The van der Waals surface area contributed by atoms with E-state index < -0.39 is 5.97 Å². The normalized spacial score (nSPS) is 11.1. The van der Waals surface area contributed by atoms with Gasteiger partial charge in [-0.15, -0.1) is 0 Å². The zero-order valence-electron chi connectivity index (χ0n) is 13.0. The largest absolute Gasteiger partial charge is 0.481 e. The van der Waals surface area contributed by atoms with Crippen LogP contribution in [0.4, 0.5) is 0 Å². The molecule has 0 saturated heterocycles. The predicted octanol–water partition coefficient (Wildman–Crippen LogP) is 4.29. The molecule has 0 spiro atoms. The Bertz CT molecular complexity index is 899. The molecule has 5 heteroatoms. The first-order valence-corrected chi connectivity index (χ1v) is 7.79. The van der Waals surface area contributed by atoms with E-state index in [1.54, 1.807) is 12.3 Å². The van der Waals surface area contributed by atoms with Gasteiger partial charge in [-0.2, -0.15) is 0 Å². The summed E-state index contributed by atoms with van der Waals surface area (Å²) in [6, 6.07) is 9.82. The maximum Gasteiger partial charge on any atom is 0.303 e. The fourth-order valence-electron chi connectivity index (χ4n) is 2.83. The quantitative estimate of drug-likeness (QED) is 0.777. The Morgan fingerprint density at radius 3 is 2.74 bits per heavy atom. The molecule has 2 heterocycles. The molecule has 0 unspecified atom stereocenters. The van der Waals surface area contributed by atoms with Gasteiger partial charge in [-0.05, 0) is 31.5 Å². The molecule has 1 N–H and O–H groups in total. The zero-order chi connectivity index (χ0) is 16.6. The fraction of sp³-hybridized carbons (Fsp3) is 0.222. The highest BCUT2D eigenvalue weighted by molar-refractivity contribution is 6.30. The summed E-state index contributed by atoms with van der Waals surface area (Å²) in [5.74, 6) is -0.825. The first kappa shape index (κ1) is 15.6. The maximum atomic E-state index is 11.0. The third-order valence-corrected chi connectivity index (χ3v) is 4.12. The molecule has 0 fully saturated rings. The Labute approximate surface area is 139 Å². The number of imidazole rings is 1. The highest BCUT2D eigenvalue weighted by Crippen LogP contribution is 2.29. The predicted molar refractivity (Wildman–Crippen MR) is 91.1 cm³/mol. The maximum absolute atomic E-state index is 11.0. The fourth-order valence-corrected chi connectivity index (χ4v) is 2.99. The number of fused-ring (bicyclic) bond motifs is 1. The molecule has 0 aliphatic carbocycles. The summed E-state index contributed by atoms with van der Waals surface area (Å²) < 4.78 is 1.89. The lowest BCUT2D eigenvalue weighted by atomic mass is 10.0. The van der Waals surface area contributed by atoms with Crippen molar-refractivity contribution in [2.24, 2.45) is 0 Å². The molecule has 0 bridgehead atoms. The summed E-state index contributed by atoms with van der Waals surface area (Å²) in [7, 11) is 0. The van der Waals surface area contributed by atoms with Crippen molar-refractivity contribution < 1.29 is 9.90 Å². The van der Waals surface area contributed by atoms with Gasteiger partial charge in [0.2, 0.25) is 0 Å². The number of pyridine rings is 1. The minimum absolute atomic E-state index is 0.0538. The number of carboxylic acids is 1. The van der Waals surface area contributed by atoms with Crippen LogP contribution in [0.1, 0.15) is 23.2 Å². The van der Waals surface area contributed by atoms with Crippen molar-refractivity contribution in [3.05, 3.63) is 58.4 Å². The third kappa shape index (κ3) is 3.08. The van der Waals surface area contributed by atoms with E-state index in [0.717, 1.165) is 28.2 Å². The van der Waals surface area contributed by atoms with Gasteiger partial charge in [0.05, 0.1) is 22.8 Å². The van der Waals surface area contributed by atoms with Crippen LogP contribution >= 0.6 is 11.6 Å². The van der Waals surface area contributed by atoms with Gasteiger partial charge in [0, 0.05) is 18.2 Å². The lowest BCUT2D eigenvalue weighted by molar-refractivity contribution is -0.136. The molecule has 1 aromatic carbocycles. The van der Waals surface area contributed by atoms with E-state index in [4.69, 9.17) is 21.7 Å². The first-order valence-electron chi connectivity index (χ1n) is 7.41. The van der Waals surface area contributed by atoms with Gasteiger partial charge in [-0.3, -0.25) is 4.79 Å². The number of carboxylic acid groups (broad SMARTS) is 1. The Balaban J connectivity index is 2.21. The molecule has 23 heavy (non-hydrogen) atoms. The van der Waals surface area contributed by atoms with Crippen molar-refractivity contribution in [3.63, 3.8) is 0 Å². The van der Waals surface area contributed by atoms with Crippen molar-refractivity contribution in [1.29, 1.82) is 0 Å². The van der Waals surface area contributed by atoms with Gasteiger partial charge in [0.1, 0.15) is 5.65 Å². The highest BCUT2D eigenvalue weighted by Gasteiger charge is 2.16. The molecule has 0 amide bonds. The van der Waals surface area contributed by atoms with Crippen LogP contribution in [0.25, 0.3) is 16.9 Å². The average Bonchev–Trinajstić information content (AvgIpc) is 2.82. The van der Waals surface area contributed by atoms with E-state index >= 15 is 0 Å². The van der Waals surface area contributed by atoms with Crippen LogP contribution in [0.2, 0.25) is 5.02 Å². The van der Waals surface area contributed by atoms with Crippen LogP contribution in [-0.4, -0.2) is 20.5 Å². The van der Waals surface area contributed by atoms with Crippen LogP contribution in [0.15, 0.2) is 36.5 Å². The number of halogens is 1. The second-order valence-electron chi connectivity index (χ2n) is 5.69. The molecule has 4 nitrogen and oxygen atoms in total. The second kappa shape index (κ2) is 6.05. The zero-order valence-corrected chi connectivity index (χ0v) is 13.8. The lowest BCUT2D eigenvalue weighted by Crippen LogP contribution is -2.02. The van der Waals surface area contributed by atoms with E-state index in [1.807, 2.05) is 36.4 Å². The first-order chi connectivity index (χ1) is 11.0. The number of rotatable bonds is 4. The summed E-state index contributed by atoms with van der Waals surface area (Å²) in [5.41, 5.74) is 5.80. The number of aromatic nitrogens is 2. The van der Waals surface area contributed by atoms with Crippen LogP contribution in [0.3, 0.4) is 0 Å². The van der Waals surface area contributed by atoms with Crippen LogP contribution in [0, 0.1) is 13.8 Å². The van der Waals surface area contributed by atoms with E-state index in [1.165, 1.54) is 5.56 Å². The van der Waals surface area contributed by atoms with Crippen molar-refractivity contribution in [1.82, 2.24) is 9.38 Å². The Morgan fingerprint density at radius 1 is 1.26 bits per heavy atom. The van der Waals surface area contributed by atoms with E-state index in [0.29, 0.717) is 11.4 Å². The van der Waals surface area contributed by atoms with Gasteiger partial charge in [-0.25, -0.2) is 4.98 Å². The van der Waals surface area contributed by atoms with Gasteiger partial charge < -0.3 is 9.51 Å². The number of nitrogens with zero attached hydrogens (tertiary/aromatic N) is 2. The average molecular weight is 329 g/mol. The number of benzene rings is 1. The molecule has 3 aromatic rings. The van der Waals surface area contributed by atoms with Gasteiger partial charge in [0.15, 0.2) is 0 Å². The standard InChI is InChI=1S/C18H17ClN2O2/c1-11-3-5-14(12(2)9-11)18-15(6-8-17(22)23)21-10-13(19)4-7-16(21)20-18/h3-5,7,9-10H,6,8H2,1-2H3,(H,22,23). The Kier molecular flexibility index (Phi) is 4.09. The third-order valence-electron chi connectivity index (χ3n) is 3.89. The molecule has 0 atom stereocenters. The number of aliphatic carboxylic acids is 1. The number of hydrogen-bond donors (Lipinski definition) is 1. The SMILES string of the molecule is Cc1ccc(-c2nc3ccc(Cl)cn3c2CCC(=O)O)c(C)c1. The molecule has 118 valence electrons. The second-order valence-corrected chi connectivity index (χ2v) is 6.13. The molecule has 0 radical (unpaired) electrons. The summed E-state index contributed by atoms with van der Waals surface area (Å²) in [4.78, 5) is 15.7. The lowest BCUT2D eigenvalue weighted by Gasteiger charge is -2.08. The highest BCUT2D eigenvalue weighted by atomic mass is 35.5. The summed E-state index contributed by atoms with van der Waals surface area (Å²) >= 11 is 6.10. The molecular weight excluding hydrogens is 312 g/mol. The number of hydrogen-bond acceptors (Lipinski definition) is 2. The van der Waals surface area contributed by atoms with E-state index in [9.17, 15) is 4.79 Å². The summed E-state index contributed by atoms with van der Waals surface area (Å²) in [5, 5.41) is 9.63. The summed E-state index contributed by atoms with van der Waals surface area (Å²) in [6.45, 7) is 4.09. The molecule has 3 rings (SSSR count). The smallest absolute Gasteiger partial charge is 0.303 e. The van der Waals surface area contributed by atoms with Crippen molar-refractivity contribution in [2.75, 3.05) is 0 Å². The molecule has 2 aromatic heterocycles. The van der Waals surface area contributed by atoms with Crippen molar-refractivity contribution in [3.8, 4) is 11.3 Å². The minimum Gasteiger partial charge on any atom is -0.481 e. The molecule has 0 aliphatic heterocycles. The van der Waals surface area contributed by atoms with Crippen molar-refractivity contribution >= 4 is 23.2 Å². The van der Waals surface area contributed by atoms with E-state index in [-0.39, 0.29) is 6.42 Å². The molecule has 0 saturated carbocycles. The van der Waals surface area contributed by atoms with Crippen LogP contribution < -0.4 is 0 Å². The number of carbonyl (C=O) groups is 1. The van der Waals surface area contributed by atoms with Gasteiger partial charge in [-0.1, -0.05) is 35.4 Å². The summed E-state index contributed by atoms with van der Waals surface area (Å²) in [6.07, 6.45) is 2.24. The van der Waals surface area contributed by atoms with E-state index in [2.05, 4.69) is 6.07 Å². The monoisotopic (exact) mass is 328 g/mol. The van der Waals surface area contributed by atoms with Gasteiger partial charge in [0.25, 0.3) is 0 Å². The topological polar surface area (TPSA) is 54.6 Å². The Hall–Kier alpha value is -2.33. The molecular formula is C18H17ClN2O2. The van der Waals surface area contributed by atoms with Crippen molar-refractivity contribution in [2.45, 2.75) is 26.7 Å². The van der Waals surface area contributed by atoms with Gasteiger partial charge >= 0.3 is 5.97 Å². The van der Waals surface area contributed by atoms with Crippen LogP contribution in [0.5, 0.6) is 0 Å². The minimum atomic E-state index is -0.825. The Morgan fingerprint density at radius 2 is 2.04 bits per heavy atom.